The molecule has 7 nitrogen and oxygen atoms in total. The number of hydrogen-bond acceptors (Lipinski definition) is 6. The molecule has 0 radical (unpaired) electrons. The molecule has 0 fully saturated rings. The predicted octanol–water partition coefficient (Wildman–Crippen LogP) is 3.02. The van der Waals surface area contributed by atoms with Crippen molar-refractivity contribution in [2.24, 2.45) is 0 Å². The summed E-state index contributed by atoms with van der Waals surface area (Å²) in [5.41, 5.74) is 2.55. The van der Waals surface area contributed by atoms with Crippen LogP contribution in [0.15, 0.2) is 58.2 Å². The van der Waals surface area contributed by atoms with E-state index in [1.54, 1.807) is 28.3 Å². The molecule has 0 saturated heterocycles. The highest BCUT2D eigenvalue weighted by molar-refractivity contribution is 7.98. The van der Waals surface area contributed by atoms with Crippen molar-refractivity contribution in [2.45, 2.75) is 22.6 Å². The smallest absolute Gasteiger partial charge is 0.318 e. The van der Waals surface area contributed by atoms with E-state index in [4.69, 9.17) is 4.74 Å². The van der Waals surface area contributed by atoms with Gasteiger partial charge in [-0.2, -0.15) is 4.98 Å². The van der Waals surface area contributed by atoms with Gasteiger partial charge in [0.25, 0.3) is 5.91 Å². The minimum absolute atomic E-state index is 0.0242. The van der Waals surface area contributed by atoms with Crippen LogP contribution in [0, 0.1) is 0 Å². The van der Waals surface area contributed by atoms with Crippen LogP contribution in [-0.4, -0.2) is 46.2 Å². The van der Waals surface area contributed by atoms with Gasteiger partial charge in [0.15, 0.2) is 5.69 Å². The number of methoxy groups -OCH3 is 1. The SMILES string of the molecule is COc1nc(=O)c(O)c2n1[C@@H]([C@@H]1c3ccccc3CSc3ccccc31)CN(C)C2=O. The Morgan fingerprint density at radius 1 is 1.10 bits per heavy atom. The number of likely N-dealkylation sites (N-methyl/N-ethyl adjacent to an activating group) is 1. The van der Waals surface area contributed by atoms with Crippen LogP contribution in [-0.2, 0) is 5.75 Å². The van der Waals surface area contributed by atoms with Crippen molar-refractivity contribution in [3.8, 4) is 11.8 Å². The minimum Gasteiger partial charge on any atom is -0.501 e. The molecule has 0 spiro atoms. The van der Waals surface area contributed by atoms with E-state index in [1.807, 2.05) is 24.3 Å². The fourth-order valence-corrected chi connectivity index (χ4v) is 5.73. The Labute approximate surface area is 183 Å². The van der Waals surface area contributed by atoms with E-state index in [9.17, 15) is 14.7 Å². The van der Waals surface area contributed by atoms with Gasteiger partial charge >= 0.3 is 11.6 Å². The first-order valence-corrected chi connectivity index (χ1v) is 10.9. The largest absolute Gasteiger partial charge is 0.501 e. The van der Waals surface area contributed by atoms with E-state index in [0.717, 1.165) is 16.9 Å². The molecule has 1 amide bonds. The summed E-state index contributed by atoms with van der Waals surface area (Å²) in [6.07, 6.45) is 0. The van der Waals surface area contributed by atoms with Crippen molar-refractivity contribution >= 4 is 17.7 Å². The molecule has 158 valence electrons. The third-order valence-corrected chi connectivity index (χ3v) is 7.15. The Balaban J connectivity index is 1.83. The molecule has 3 aromatic rings. The van der Waals surface area contributed by atoms with Crippen LogP contribution >= 0.6 is 11.8 Å². The summed E-state index contributed by atoms with van der Waals surface area (Å²) in [5.74, 6) is -0.375. The number of ether oxygens (including phenoxy) is 1. The van der Waals surface area contributed by atoms with Crippen molar-refractivity contribution in [3.05, 3.63) is 81.3 Å². The summed E-state index contributed by atoms with van der Waals surface area (Å²) in [7, 11) is 3.09. The average Bonchev–Trinajstić information content (AvgIpc) is 2.95. The Kier molecular flexibility index (Phi) is 4.74. The number of aromatic nitrogens is 2. The van der Waals surface area contributed by atoms with Gasteiger partial charge in [-0.1, -0.05) is 42.5 Å². The molecular formula is C23H21N3O4S. The molecule has 0 aliphatic carbocycles. The molecule has 1 aromatic heterocycles. The predicted molar refractivity (Wildman–Crippen MR) is 117 cm³/mol. The normalized spacial score (nSPS) is 19.8. The fourth-order valence-electron chi connectivity index (χ4n) is 4.62. The summed E-state index contributed by atoms with van der Waals surface area (Å²) in [6, 6.07) is 16.2. The molecule has 3 heterocycles. The van der Waals surface area contributed by atoms with E-state index >= 15 is 0 Å². The standard InChI is InChI=1S/C23H21N3O4S/c1-25-11-16(26-19(22(25)29)20(27)21(28)24-23(26)30-2)18-14-8-4-3-7-13(14)12-31-17-10-6-5-9-15(17)18/h3-10,16,18,27H,11-12H2,1-2H3/t16-,18-/m1/s1. The molecule has 5 rings (SSSR count). The summed E-state index contributed by atoms with van der Waals surface area (Å²) in [5, 5.41) is 10.5. The second kappa shape index (κ2) is 7.46. The van der Waals surface area contributed by atoms with Crippen LogP contribution in [0.2, 0.25) is 0 Å². The number of carbonyl (C=O) groups excluding carboxylic acids is 1. The molecule has 31 heavy (non-hydrogen) atoms. The monoisotopic (exact) mass is 435 g/mol. The van der Waals surface area contributed by atoms with Gasteiger partial charge in [0, 0.05) is 30.2 Å². The first kappa shape index (κ1) is 19.7. The third-order valence-electron chi connectivity index (χ3n) is 6.01. The van der Waals surface area contributed by atoms with Crippen LogP contribution in [0.25, 0.3) is 0 Å². The lowest BCUT2D eigenvalue weighted by Crippen LogP contribution is -2.45. The van der Waals surface area contributed by atoms with Gasteiger partial charge in [0.1, 0.15) is 0 Å². The minimum atomic E-state index is -0.872. The second-order valence-electron chi connectivity index (χ2n) is 7.73. The lowest BCUT2D eigenvalue weighted by atomic mass is 9.81. The van der Waals surface area contributed by atoms with Crippen molar-refractivity contribution in [2.75, 3.05) is 20.7 Å². The molecule has 8 heteroatoms. The van der Waals surface area contributed by atoms with Gasteiger partial charge in [0.2, 0.25) is 5.75 Å². The van der Waals surface area contributed by atoms with Gasteiger partial charge in [0.05, 0.1) is 13.2 Å². The van der Waals surface area contributed by atoms with Crippen molar-refractivity contribution in [1.29, 1.82) is 0 Å². The number of fused-ring (bicyclic) bond motifs is 3. The third kappa shape index (κ3) is 3.01. The van der Waals surface area contributed by atoms with Crippen LogP contribution in [0.3, 0.4) is 0 Å². The van der Waals surface area contributed by atoms with E-state index in [-0.39, 0.29) is 23.7 Å². The Hall–Kier alpha value is -3.26. The van der Waals surface area contributed by atoms with Gasteiger partial charge < -0.3 is 14.7 Å². The van der Waals surface area contributed by atoms with Crippen LogP contribution in [0.1, 0.15) is 39.1 Å². The molecule has 2 aliphatic rings. The van der Waals surface area contributed by atoms with Gasteiger partial charge in [-0.15, -0.1) is 11.8 Å². The fraction of sp³-hybridized carbons (Fsp3) is 0.261. The number of amides is 1. The molecule has 2 aromatic carbocycles. The molecule has 2 atom stereocenters. The van der Waals surface area contributed by atoms with E-state index < -0.39 is 17.2 Å². The Morgan fingerprint density at radius 3 is 2.58 bits per heavy atom. The molecular weight excluding hydrogens is 414 g/mol. The molecule has 0 unspecified atom stereocenters. The van der Waals surface area contributed by atoms with E-state index in [2.05, 4.69) is 29.2 Å². The quantitative estimate of drug-likeness (QED) is 0.666. The van der Waals surface area contributed by atoms with Crippen molar-refractivity contribution in [3.63, 3.8) is 0 Å². The maximum atomic E-state index is 13.0. The summed E-state index contributed by atoms with van der Waals surface area (Å²) < 4.78 is 7.03. The summed E-state index contributed by atoms with van der Waals surface area (Å²) >= 11 is 1.78. The lowest BCUT2D eigenvalue weighted by molar-refractivity contribution is 0.0687. The van der Waals surface area contributed by atoms with Gasteiger partial charge in [-0.3, -0.25) is 14.2 Å². The molecule has 1 N–H and O–H groups in total. The zero-order valence-corrected chi connectivity index (χ0v) is 17.9. The number of carbonyl (C=O) groups is 1. The second-order valence-corrected chi connectivity index (χ2v) is 8.74. The lowest BCUT2D eigenvalue weighted by Gasteiger charge is -2.39. The van der Waals surface area contributed by atoms with Gasteiger partial charge in [-0.25, -0.2) is 0 Å². The summed E-state index contributed by atoms with van der Waals surface area (Å²) in [6.45, 7) is 0.379. The van der Waals surface area contributed by atoms with Crippen molar-refractivity contribution in [1.82, 2.24) is 14.5 Å². The first-order valence-electron chi connectivity index (χ1n) is 9.95. The highest BCUT2D eigenvalue weighted by atomic mass is 32.2. The topological polar surface area (TPSA) is 84.7 Å². The van der Waals surface area contributed by atoms with Crippen LogP contribution < -0.4 is 10.3 Å². The van der Waals surface area contributed by atoms with Gasteiger partial charge in [-0.05, 0) is 22.8 Å². The Bertz CT molecular complexity index is 1210. The number of thioether (sulfide) groups is 1. The zero-order chi connectivity index (χ0) is 21.7. The maximum Gasteiger partial charge on any atom is 0.318 e. The van der Waals surface area contributed by atoms with E-state index in [1.165, 1.54) is 17.6 Å². The van der Waals surface area contributed by atoms with Crippen molar-refractivity contribution < 1.29 is 14.6 Å². The molecule has 2 aliphatic heterocycles. The zero-order valence-electron chi connectivity index (χ0n) is 17.1. The van der Waals surface area contributed by atoms with Crippen LogP contribution in [0.4, 0.5) is 0 Å². The Morgan fingerprint density at radius 2 is 1.81 bits per heavy atom. The maximum absolute atomic E-state index is 13.0. The molecule has 0 saturated carbocycles. The van der Waals surface area contributed by atoms with Crippen LogP contribution in [0.5, 0.6) is 11.8 Å². The number of rotatable bonds is 2. The summed E-state index contributed by atoms with van der Waals surface area (Å²) in [4.78, 5) is 31.8. The number of hydrogen-bond donors (Lipinski definition) is 1. The number of aromatic hydroxyl groups is 1. The molecule has 0 bridgehead atoms. The average molecular weight is 436 g/mol. The number of nitrogens with zero attached hydrogens (tertiary/aromatic N) is 3. The highest BCUT2D eigenvalue weighted by Crippen LogP contribution is 2.48. The number of benzene rings is 2. The van der Waals surface area contributed by atoms with E-state index in [0.29, 0.717) is 6.54 Å². The first-order chi connectivity index (χ1) is 15.0. The highest BCUT2D eigenvalue weighted by Gasteiger charge is 2.41.